The number of anilines is 4. The number of rotatable bonds is 13. The van der Waals surface area contributed by atoms with E-state index in [-0.39, 0.29) is 11.5 Å². The van der Waals surface area contributed by atoms with E-state index in [1.807, 2.05) is 52.0 Å². The van der Waals surface area contributed by atoms with E-state index in [0.717, 1.165) is 17.0 Å². The van der Waals surface area contributed by atoms with Crippen LogP contribution in [0.3, 0.4) is 0 Å². The van der Waals surface area contributed by atoms with E-state index in [1.54, 1.807) is 36.5 Å². The molecule has 1 heterocycles. The number of carbonyl (C=O) groups is 1. The predicted molar refractivity (Wildman–Crippen MR) is 152 cm³/mol. The number of nitrogens with one attached hydrogen (secondary N) is 4. The highest BCUT2D eigenvalue weighted by Crippen LogP contribution is 2.25. The Morgan fingerprint density at radius 2 is 1.84 bits per heavy atom. The molecule has 1 amide bonds. The van der Waals surface area contributed by atoms with Crippen molar-refractivity contribution in [3.63, 3.8) is 0 Å². The van der Waals surface area contributed by atoms with Crippen LogP contribution >= 0.6 is 0 Å². The molecule has 0 unspecified atom stereocenters. The molecule has 0 spiro atoms. The summed E-state index contributed by atoms with van der Waals surface area (Å²) in [5.74, 6) is 2.02. The van der Waals surface area contributed by atoms with E-state index in [9.17, 15) is 4.79 Å². The SMILES string of the molecule is C=CCOc1ccc(C)c(Nc2ccnc(Nc3cccc(C(=O)NCCNC(=C)OC(C)(C)C)c3)n2)c1. The topological polar surface area (TPSA) is 109 Å². The van der Waals surface area contributed by atoms with Crippen molar-refractivity contribution in [2.45, 2.75) is 33.3 Å². The second kappa shape index (κ2) is 13.1. The average Bonchev–Trinajstić information content (AvgIpc) is 2.86. The Morgan fingerprint density at radius 3 is 2.61 bits per heavy atom. The molecule has 0 radical (unpaired) electrons. The third-order valence-corrected chi connectivity index (χ3v) is 5.04. The van der Waals surface area contributed by atoms with Crippen LogP contribution in [0.25, 0.3) is 0 Å². The maximum atomic E-state index is 12.6. The molecule has 9 nitrogen and oxygen atoms in total. The van der Waals surface area contributed by atoms with Crippen molar-refractivity contribution in [2.24, 2.45) is 0 Å². The molecular formula is C29H36N6O3. The van der Waals surface area contributed by atoms with Crippen molar-refractivity contribution in [3.8, 4) is 5.75 Å². The van der Waals surface area contributed by atoms with Gasteiger partial charge in [0, 0.05) is 42.3 Å². The molecule has 0 bridgehead atoms. The standard InChI is InChI=1S/C29H36N6O3/c1-7-17-37-24-12-11-20(2)25(19-24)34-26-13-14-32-28(35-26)33-23-10-8-9-22(18-23)27(36)31-16-15-30-21(3)38-29(4,5)6/h7-14,18-19,30H,1,3,15-17H2,2,4-6H3,(H,31,36)(H2,32,33,34,35). The summed E-state index contributed by atoms with van der Waals surface area (Å²) in [5, 5.41) is 12.4. The van der Waals surface area contributed by atoms with E-state index in [0.29, 0.717) is 48.6 Å². The zero-order chi connectivity index (χ0) is 27.5. The van der Waals surface area contributed by atoms with Gasteiger partial charge in [-0.05, 0) is 70.2 Å². The van der Waals surface area contributed by atoms with Gasteiger partial charge in [-0.1, -0.05) is 24.8 Å². The maximum absolute atomic E-state index is 12.6. The highest BCUT2D eigenvalue weighted by molar-refractivity contribution is 5.95. The summed E-state index contributed by atoms with van der Waals surface area (Å²) in [4.78, 5) is 21.5. The van der Waals surface area contributed by atoms with E-state index >= 15 is 0 Å². The molecule has 0 aliphatic carbocycles. The van der Waals surface area contributed by atoms with Gasteiger partial charge in [-0.15, -0.1) is 0 Å². The number of carbonyl (C=O) groups excluding carboxylic acids is 1. The molecule has 0 aliphatic rings. The molecule has 3 rings (SSSR count). The van der Waals surface area contributed by atoms with Gasteiger partial charge in [0.15, 0.2) is 5.88 Å². The van der Waals surface area contributed by atoms with Gasteiger partial charge in [0.05, 0.1) is 0 Å². The summed E-state index contributed by atoms with van der Waals surface area (Å²) < 4.78 is 11.2. The summed E-state index contributed by atoms with van der Waals surface area (Å²) >= 11 is 0. The minimum Gasteiger partial charge on any atom is -0.489 e. The average molecular weight is 517 g/mol. The highest BCUT2D eigenvalue weighted by Gasteiger charge is 2.12. The van der Waals surface area contributed by atoms with Gasteiger partial charge in [0.1, 0.15) is 23.8 Å². The van der Waals surface area contributed by atoms with E-state index < -0.39 is 0 Å². The monoisotopic (exact) mass is 516 g/mol. The minimum atomic E-state index is -0.329. The molecule has 0 atom stereocenters. The zero-order valence-electron chi connectivity index (χ0n) is 22.4. The number of ether oxygens (including phenoxy) is 2. The van der Waals surface area contributed by atoms with Crippen molar-refractivity contribution in [1.29, 1.82) is 0 Å². The Balaban J connectivity index is 1.58. The first-order valence-corrected chi connectivity index (χ1v) is 12.3. The first-order chi connectivity index (χ1) is 18.1. The van der Waals surface area contributed by atoms with Crippen molar-refractivity contribution >= 4 is 29.0 Å². The molecule has 200 valence electrons. The Morgan fingerprint density at radius 1 is 1.05 bits per heavy atom. The highest BCUT2D eigenvalue weighted by atomic mass is 16.5. The number of aryl methyl sites for hydroxylation is 1. The van der Waals surface area contributed by atoms with Crippen molar-refractivity contribution in [2.75, 3.05) is 30.3 Å². The first kappa shape index (κ1) is 28.0. The van der Waals surface area contributed by atoms with Gasteiger partial charge in [-0.2, -0.15) is 4.98 Å². The van der Waals surface area contributed by atoms with Gasteiger partial charge >= 0.3 is 0 Å². The largest absolute Gasteiger partial charge is 0.489 e. The van der Waals surface area contributed by atoms with Crippen molar-refractivity contribution in [3.05, 3.63) is 91.0 Å². The van der Waals surface area contributed by atoms with Gasteiger partial charge < -0.3 is 30.7 Å². The summed E-state index contributed by atoms with van der Waals surface area (Å²) in [5.41, 5.74) is 2.79. The van der Waals surface area contributed by atoms with Gasteiger partial charge in [-0.25, -0.2) is 4.98 Å². The lowest BCUT2D eigenvalue weighted by Crippen LogP contribution is -2.33. The molecule has 0 saturated carbocycles. The van der Waals surface area contributed by atoms with E-state index in [4.69, 9.17) is 9.47 Å². The van der Waals surface area contributed by atoms with Crippen LogP contribution < -0.4 is 26.0 Å². The lowest BCUT2D eigenvalue weighted by atomic mass is 10.2. The molecule has 0 fully saturated rings. The molecule has 9 heteroatoms. The molecule has 0 saturated heterocycles. The Labute approximate surface area is 224 Å². The predicted octanol–water partition coefficient (Wildman–Crippen LogP) is 5.44. The van der Waals surface area contributed by atoms with Crippen molar-refractivity contribution < 1.29 is 14.3 Å². The maximum Gasteiger partial charge on any atom is 0.251 e. The molecule has 38 heavy (non-hydrogen) atoms. The van der Waals surface area contributed by atoms with E-state index in [2.05, 4.69) is 44.4 Å². The number of nitrogens with zero attached hydrogens (tertiary/aromatic N) is 2. The number of amides is 1. The summed E-state index contributed by atoms with van der Waals surface area (Å²) in [6, 6.07) is 14.7. The van der Waals surface area contributed by atoms with Crippen LogP contribution in [0.1, 0.15) is 36.7 Å². The Kier molecular flexibility index (Phi) is 9.70. The van der Waals surface area contributed by atoms with Crippen molar-refractivity contribution in [1.82, 2.24) is 20.6 Å². The first-order valence-electron chi connectivity index (χ1n) is 12.3. The summed E-state index contributed by atoms with van der Waals surface area (Å²) in [6.07, 6.45) is 3.36. The number of benzene rings is 2. The summed E-state index contributed by atoms with van der Waals surface area (Å²) in [7, 11) is 0. The fourth-order valence-corrected chi connectivity index (χ4v) is 3.36. The van der Waals surface area contributed by atoms with Gasteiger partial charge in [0.25, 0.3) is 5.91 Å². The molecule has 1 aromatic heterocycles. The fourth-order valence-electron chi connectivity index (χ4n) is 3.36. The second-order valence-electron chi connectivity index (χ2n) is 9.49. The normalized spacial score (nSPS) is 10.7. The molecule has 2 aromatic carbocycles. The third kappa shape index (κ3) is 9.16. The minimum absolute atomic E-state index is 0.192. The Bertz CT molecular complexity index is 1270. The molecular weight excluding hydrogens is 480 g/mol. The van der Waals surface area contributed by atoms with Crippen LogP contribution in [0.15, 0.2) is 79.8 Å². The summed E-state index contributed by atoms with van der Waals surface area (Å²) in [6.45, 7) is 16.7. The smallest absolute Gasteiger partial charge is 0.251 e. The molecule has 3 aromatic rings. The molecule has 4 N–H and O–H groups in total. The van der Waals surface area contributed by atoms with Crippen LogP contribution in [-0.2, 0) is 4.74 Å². The number of hydrogen-bond acceptors (Lipinski definition) is 8. The third-order valence-electron chi connectivity index (χ3n) is 5.04. The Hall–Kier alpha value is -4.53. The lowest BCUT2D eigenvalue weighted by Gasteiger charge is -2.23. The van der Waals surface area contributed by atoms with Crippen LogP contribution in [0.4, 0.5) is 23.1 Å². The van der Waals surface area contributed by atoms with Crippen LogP contribution in [0.5, 0.6) is 5.75 Å². The zero-order valence-corrected chi connectivity index (χ0v) is 22.4. The van der Waals surface area contributed by atoms with Crippen LogP contribution in [0.2, 0.25) is 0 Å². The fraction of sp³-hybridized carbons (Fsp3) is 0.276. The number of hydrogen-bond donors (Lipinski definition) is 4. The quantitative estimate of drug-likeness (QED) is 0.135. The van der Waals surface area contributed by atoms with Gasteiger partial charge in [-0.3, -0.25) is 4.79 Å². The van der Waals surface area contributed by atoms with Gasteiger partial charge in [0.2, 0.25) is 5.95 Å². The molecule has 0 aliphatic heterocycles. The second-order valence-corrected chi connectivity index (χ2v) is 9.49. The lowest BCUT2D eigenvalue weighted by molar-refractivity contribution is 0.0416. The van der Waals surface area contributed by atoms with E-state index in [1.165, 1.54) is 0 Å². The van der Waals surface area contributed by atoms with Crippen LogP contribution in [-0.4, -0.2) is 41.2 Å². The number of aromatic nitrogens is 2. The van der Waals surface area contributed by atoms with Crippen LogP contribution in [0, 0.1) is 6.92 Å².